The molecule has 0 bridgehead atoms. The first-order valence-corrected chi connectivity index (χ1v) is 10.8. The zero-order valence-electron chi connectivity index (χ0n) is 14.4. The molecule has 0 fully saturated rings. The number of amides is 2. The van der Waals surface area contributed by atoms with Crippen molar-refractivity contribution in [3.8, 4) is 21.4 Å². The van der Waals surface area contributed by atoms with Crippen molar-refractivity contribution in [3.63, 3.8) is 0 Å². The summed E-state index contributed by atoms with van der Waals surface area (Å²) in [5, 5.41) is 4.68. The number of carbonyl (C=O) groups is 2. The van der Waals surface area contributed by atoms with Crippen molar-refractivity contribution in [3.05, 3.63) is 50.8 Å². The number of thiophene rings is 1. The highest BCUT2D eigenvalue weighted by molar-refractivity contribution is 9.10. The van der Waals surface area contributed by atoms with Crippen LogP contribution in [0.15, 0.2) is 39.5 Å². The summed E-state index contributed by atoms with van der Waals surface area (Å²) in [6.07, 6.45) is 0.0739. The third-order valence-electron chi connectivity index (χ3n) is 3.79. The Morgan fingerprint density at radius 3 is 2.68 bits per heavy atom. The molecule has 7 nitrogen and oxygen atoms in total. The van der Waals surface area contributed by atoms with E-state index >= 15 is 0 Å². The van der Waals surface area contributed by atoms with Gasteiger partial charge in [0.2, 0.25) is 5.91 Å². The van der Waals surface area contributed by atoms with Crippen molar-refractivity contribution in [2.75, 3.05) is 13.2 Å². The minimum absolute atomic E-state index is 0.0739. The number of hydrogen-bond donors (Lipinski definition) is 2. The van der Waals surface area contributed by atoms with Gasteiger partial charge in [0, 0.05) is 20.8 Å². The highest BCUT2D eigenvalue weighted by Gasteiger charge is 2.16. The summed E-state index contributed by atoms with van der Waals surface area (Å²) in [6, 6.07) is 6.86. The molecule has 2 aromatic heterocycles. The molecule has 1 aromatic carbocycles. The number of rotatable bonds is 4. The molecule has 28 heavy (non-hydrogen) atoms. The molecule has 2 amide bonds. The SMILES string of the molecule is O=C(Cc1csc(-c2cc(Br)cs2)n1)NNC(=O)c1ccc2c(c1)OCCO2. The van der Waals surface area contributed by atoms with Gasteiger partial charge in [0.25, 0.3) is 5.91 Å². The molecule has 1 aliphatic rings. The van der Waals surface area contributed by atoms with Gasteiger partial charge in [0.15, 0.2) is 11.5 Å². The third kappa shape index (κ3) is 4.34. The van der Waals surface area contributed by atoms with Gasteiger partial charge >= 0.3 is 0 Å². The molecule has 0 saturated heterocycles. The van der Waals surface area contributed by atoms with Crippen LogP contribution < -0.4 is 20.3 Å². The molecule has 10 heteroatoms. The summed E-state index contributed by atoms with van der Waals surface area (Å²) in [5.41, 5.74) is 5.83. The monoisotopic (exact) mass is 479 g/mol. The van der Waals surface area contributed by atoms with E-state index in [0.717, 1.165) is 14.4 Å². The minimum atomic E-state index is -0.437. The summed E-state index contributed by atoms with van der Waals surface area (Å²) < 4.78 is 11.9. The number of benzene rings is 1. The predicted molar refractivity (Wildman–Crippen MR) is 110 cm³/mol. The number of thiazole rings is 1. The minimum Gasteiger partial charge on any atom is -0.486 e. The molecule has 144 valence electrons. The van der Waals surface area contributed by atoms with Crippen LogP contribution in [-0.4, -0.2) is 30.0 Å². The number of hydrazine groups is 1. The first kappa shape index (κ1) is 18.9. The maximum Gasteiger partial charge on any atom is 0.269 e. The maximum atomic E-state index is 12.2. The van der Waals surface area contributed by atoms with Gasteiger partial charge in [-0.2, -0.15) is 0 Å². The lowest BCUT2D eigenvalue weighted by Crippen LogP contribution is -2.42. The van der Waals surface area contributed by atoms with Crippen LogP contribution in [0.3, 0.4) is 0 Å². The molecule has 3 heterocycles. The van der Waals surface area contributed by atoms with E-state index in [2.05, 4.69) is 31.8 Å². The van der Waals surface area contributed by atoms with Crippen LogP contribution in [0.5, 0.6) is 11.5 Å². The van der Waals surface area contributed by atoms with Gasteiger partial charge in [0.1, 0.15) is 18.2 Å². The van der Waals surface area contributed by atoms with Gasteiger partial charge in [-0.3, -0.25) is 20.4 Å². The number of aromatic nitrogens is 1. The number of hydrogen-bond acceptors (Lipinski definition) is 7. The lowest BCUT2D eigenvalue weighted by molar-refractivity contribution is -0.121. The van der Waals surface area contributed by atoms with Crippen LogP contribution >= 0.6 is 38.6 Å². The van der Waals surface area contributed by atoms with Gasteiger partial charge in [0.05, 0.1) is 17.0 Å². The quantitative estimate of drug-likeness (QED) is 0.559. The highest BCUT2D eigenvalue weighted by atomic mass is 79.9. The zero-order chi connectivity index (χ0) is 19.5. The average molecular weight is 480 g/mol. The van der Waals surface area contributed by atoms with E-state index in [0.29, 0.717) is 36.0 Å². The molecular formula is C18H14BrN3O4S2. The lowest BCUT2D eigenvalue weighted by Gasteiger charge is -2.18. The Labute approximate surface area is 176 Å². The van der Waals surface area contributed by atoms with Gasteiger partial charge in [-0.05, 0) is 40.2 Å². The Morgan fingerprint density at radius 1 is 1.07 bits per heavy atom. The zero-order valence-corrected chi connectivity index (χ0v) is 17.6. The second kappa shape index (κ2) is 8.29. The fourth-order valence-electron chi connectivity index (χ4n) is 2.52. The second-order valence-corrected chi connectivity index (χ2v) is 8.50. The van der Waals surface area contributed by atoms with Crippen LogP contribution in [0.2, 0.25) is 0 Å². The largest absolute Gasteiger partial charge is 0.486 e. The smallest absolute Gasteiger partial charge is 0.269 e. The molecule has 0 unspecified atom stereocenters. The van der Waals surface area contributed by atoms with Gasteiger partial charge in [-0.1, -0.05) is 0 Å². The molecule has 3 aromatic rings. The van der Waals surface area contributed by atoms with E-state index in [9.17, 15) is 9.59 Å². The van der Waals surface area contributed by atoms with Crippen LogP contribution in [0.4, 0.5) is 0 Å². The summed E-state index contributed by atoms with van der Waals surface area (Å²) in [5.74, 6) is 0.326. The van der Waals surface area contributed by atoms with E-state index in [-0.39, 0.29) is 12.3 Å². The Bertz CT molecular complexity index is 1030. The fraction of sp³-hybridized carbons (Fsp3) is 0.167. The predicted octanol–water partition coefficient (Wildman–Crippen LogP) is 3.41. The highest BCUT2D eigenvalue weighted by Crippen LogP contribution is 2.32. The molecule has 0 aliphatic carbocycles. The number of fused-ring (bicyclic) bond motifs is 1. The third-order valence-corrected chi connectivity index (χ3v) is 6.54. The van der Waals surface area contributed by atoms with Crippen molar-refractivity contribution in [2.45, 2.75) is 6.42 Å². The van der Waals surface area contributed by atoms with E-state index in [1.54, 1.807) is 29.5 Å². The first-order valence-electron chi connectivity index (χ1n) is 8.26. The van der Waals surface area contributed by atoms with Crippen LogP contribution in [0.25, 0.3) is 9.88 Å². The fourth-order valence-corrected chi connectivity index (χ4v) is 4.85. The van der Waals surface area contributed by atoms with Gasteiger partial charge in [-0.15, -0.1) is 22.7 Å². The van der Waals surface area contributed by atoms with Gasteiger partial charge < -0.3 is 9.47 Å². The second-order valence-electron chi connectivity index (χ2n) is 5.81. The summed E-state index contributed by atoms with van der Waals surface area (Å²) in [6.45, 7) is 0.920. The number of ether oxygens (including phenoxy) is 2. The molecule has 0 saturated carbocycles. The number of carbonyl (C=O) groups excluding carboxylic acids is 2. The Morgan fingerprint density at radius 2 is 1.89 bits per heavy atom. The van der Waals surface area contributed by atoms with Crippen molar-refractivity contribution in [2.24, 2.45) is 0 Å². The average Bonchev–Trinajstić information content (AvgIpc) is 3.34. The topological polar surface area (TPSA) is 89.6 Å². The maximum absolute atomic E-state index is 12.2. The van der Waals surface area contributed by atoms with Crippen LogP contribution in [-0.2, 0) is 11.2 Å². The number of nitrogens with zero attached hydrogens (tertiary/aromatic N) is 1. The van der Waals surface area contributed by atoms with Crippen molar-refractivity contribution >= 4 is 50.4 Å². The number of nitrogens with one attached hydrogen (secondary N) is 2. The van der Waals surface area contributed by atoms with Crippen molar-refractivity contribution in [1.29, 1.82) is 0 Å². The lowest BCUT2D eigenvalue weighted by atomic mass is 10.2. The first-order chi connectivity index (χ1) is 13.6. The Hall–Kier alpha value is -2.43. The van der Waals surface area contributed by atoms with Crippen LogP contribution in [0, 0.1) is 0 Å². The normalized spacial score (nSPS) is 12.5. The van der Waals surface area contributed by atoms with Crippen molar-refractivity contribution in [1.82, 2.24) is 15.8 Å². The molecule has 4 rings (SSSR count). The summed E-state index contributed by atoms with van der Waals surface area (Å²) in [4.78, 5) is 29.9. The van der Waals surface area contributed by atoms with Crippen LogP contribution in [0.1, 0.15) is 16.1 Å². The van der Waals surface area contributed by atoms with E-state index in [4.69, 9.17) is 9.47 Å². The van der Waals surface area contributed by atoms with E-state index in [1.165, 1.54) is 11.3 Å². The summed E-state index contributed by atoms with van der Waals surface area (Å²) in [7, 11) is 0. The Kier molecular flexibility index (Phi) is 5.60. The van der Waals surface area contributed by atoms with E-state index in [1.807, 2.05) is 16.8 Å². The summed E-state index contributed by atoms with van der Waals surface area (Å²) >= 11 is 6.48. The Balaban J connectivity index is 1.32. The molecule has 2 N–H and O–H groups in total. The van der Waals surface area contributed by atoms with E-state index < -0.39 is 5.91 Å². The van der Waals surface area contributed by atoms with Gasteiger partial charge in [-0.25, -0.2) is 4.98 Å². The molecule has 0 atom stereocenters. The molecule has 1 aliphatic heterocycles. The number of halogens is 1. The van der Waals surface area contributed by atoms with Crippen molar-refractivity contribution < 1.29 is 19.1 Å². The standard InChI is InChI=1S/C18H14BrN3O4S2/c19-11-6-15(27-8-11)18-20-12(9-28-18)7-16(23)21-22-17(24)10-1-2-13-14(5-10)26-4-3-25-13/h1-2,5-6,8-9H,3-4,7H2,(H,21,23)(H,22,24). The molecule has 0 spiro atoms. The molecule has 0 radical (unpaired) electrons. The molecular weight excluding hydrogens is 466 g/mol.